The summed E-state index contributed by atoms with van der Waals surface area (Å²) in [7, 11) is 0. The van der Waals surface area contributed by atoms with Crippen molar-refractivity contribution in [3.05, 3.63) is 47.7 Å². The molecule has 0 spiro atoms. The fourth-order valence-corrected chi connectivity index (χ4v) is 2.81. The number of aryl methyl sites for hydroxylation is 1. The van der Waals surface area contributed by atoms with Crippen LogP contribution < -0.4 is 0 Å². The topological polar surface area (TPSA) is 66.6 Å². The van der Waals surface area contributed by atoms with Crippen LogP contribution in [0.5, 0.6) is 5.75 Å². The summed E-state index contributed by atoms with van der Waals surface area (Å²) in [5.74, 6) is 0.991. The van der Waals surface area contributed by atoms with Gasteiger partial charge in [-0.15, -0.1) is 0 Å². The lowest BCUT2D eigenvalue weighted by atomic mass is 9.89. The monoisotopic (exact) mass is 286 g/mol. The van der Waals surface area contributed by atoms with Crippen LogP contribution in [-0.2, 0) is 0 Å². The van der Waals surface area contributed by atoms with Gasteiger partial charge in [-0.05, 0) is 43.4 Å². The molecular formula is C16H18N2O3. The van der Waals surface area contributed by atoms with E-state index < -0.39 is 0 Å². The number of phenolic OH excluding ortho intramolecular Hbond substituents is 1. The molecule has 0 unspecified atom stereocenters. The molecule has 2 aromatic rings. The van der Waals surface area contributed by atoms with Gasteiger partial charge in [0.15, 0.2) is 6.39 Å². The molecule has 0 bridgehead atoms. The summed E-state index contributed by atoms with van der Waals surface area (Å²) in [6.07, 6.45) is 3.15. The fraction of sp³-hybridized carbons (Fsp3) is 0.375. The van der Waals surface area contributed by atoms with Crippen molar-refractivity contribution in [2.45, 2.75) is 25.7 Å². The zero-order valence-corrected chi connectivity index (χ0v) is 12.0. The molecule has 0 atom stereocenters. The highest BCUT2D eigenvalue weighted by molar-refractivity contribution is 5.92. The van der Waals surface area contributed by atoms with Crippen LogP contribution in [0, 0.1) is 6.92 Å². The van der Waals surface area contributed by atoms with Crippen LogP contribution in [0.4, 0.5) is 0 Å². The number of nitrogens with zero attached hydrogens (tertiary/aromatic N) is 2. The predicted molar refractivity (Wildman–Crippen MR) is 77.2 cm³/mol. The van der Waals surface area contributed by atoms with Crippen molar-refractivity contribution in [3.8, 4) is 5.75 Å². The molecule has 0 aliphatic carbocycles. The van der Waals surface area contributed by atoms with Crippen molar-refractivity contribution in [2.75, 3.05) is 13.1 Å². The van der Waals surface area contributed by atoms with Crippen LogP contribution in [0.3, 0.4) is 0 Å². The fourth-order valence-electron chi connectivity index (χ4n) is 2.81. The second-order valence-corrected chi connectivity index (χ2v) is 5.42. The average molecular weight is 286 g/mol. The van der Waals surface area contributed by atoms with Crippen molar-refractivity contribution in [1.82, 2.24) is 9.88 Å². The Hall–Kier alpha value is -2.30. The number of likely N-dealkylation sites (tertiary alicyclic amines) is 1. The van der Waals surface area contributed by atoms with Crippen LogP contribution in [0.1, 0.15) is 40.6 Å². The third-order valence-electron chi connectivity index (χ3n) is 4.09. The molecule has 5 heteroatoms. The van der Waals surface area contributed by atoms with E-state index in [9.17, 15) is 9.90 Å². The molecule has 110 valence electrons. The van der Waals surface area contributed by atoms with Gasteiger partial charge in [-0.1, -0.05) is 12.1 Å². The zero-order valence-electron chi connectivity index (χ0n) is 12.0. The van der Waals surface area contributed by atoms with Crippen LogP contribution in [-0.4, -0.2) is 34.0 Å². The quantitative estimate of drug-likeness (QED) is 0.921. The van der Waals surface area contributed by atoms with Crippen LogP contribution in [0.2, 0.25) is 0 Å². The van der Waals surface area contributed by atoms with E-state index in [2.05, 4.69) is 4.98 Å². The minimum atomic E-state index is -0.0749. The van der Waals surface area contributed by atoms with E-state index in [1.807, 2.05) is 17.0 Å². The summed E-state index contributed by atoms with van der Waals surface area (Å²) < 4.78 is 5.17. The molecule has 2 heterocycles. The maximum Gasteiger partial charge on any atom is 0.291 e. The molecule has 1 amide bonds. The lowest BCUT2D eigenvalue weighted by Crippen LogP contribution is -2.38. The molecule has 1 aromatic carbocycles. The number of phenols is 1. The second-order valence-electron chi connectivity index (χ2n) is 5.42. The molecule has 1 aliphatic heterocycles. The third-order valence-corrected chi connectivity index (χ3v) is 4.09. The first-order chi connectivity index (χ1) is 10.1. The minimum Gasteiger partial charge on any atom is -0.508 e. The number of hydrogen-bond acceptors (Lipinski definition) is 4. The maximum absolute atomic E-state index is 12.3. The lowest BCUT2D eigenvalue weighted by Gasteiger charge is -2.31. The van der Waals surface area contributed by atoms with Gasteiger partial charge in [-0.2, -0.15) is 0 Å². The lowest BCUT2D eigenvalue weighted by molar-refractivity contribution is 0.0680. The number of amides is 1. The third kappa shape index (κ3) is 2.77. The number of oxazole rings is 1. The summed E-state index contributed by atoms with van der Waals surface area (Å²) in [6.45, 7) is 3.20. The van der Waals surface area contributed by atoms with Gasteiger partial charge in [-0.25, -0.2) is 4.98 Å². The van der Waals surface area contributed by atoms with Gasteiger partial charge in [0.1, 0.15) is 5.75 Å². The Morgan fingerprint density at radius 1 is 1.29 bits per heavy atom. The Kier molecular flexibility index (Phi) is 3.64. The summed E-state index contributed by atoms with van der Waals surface area (Å²) in [5.41, 5.74) is 1.86. The number of benzene rings is 1. The van der Waals surface area contributed by atoms with Gasteiger partial charge in [0, 0.05) is 13.1 Å². The summed E-state index contributed by atoms with van der Waals surface area (Å²) in [5, 5.41) is 9.33. The smallest absolute Gasteiger partial charge is 0.291 e. The summed E-state index contributed by atoms with van der Waals surface area (Å²) in [4.78, 5) is 18.1. The van der Waals surface area contributed by atoms with E-state index in [-0.39, 0.29) is 11.7 Å². The van der Waals surface area contributed by atoms with Gasteiger partial charge in [0.25, 0.3) is 5.91 Å². The molecular weight excluding hydrogens is 268 g/mol. The van der Waals surface area contributed by atoms with E-state index in [1.165, 1.54) is 12.0 Å². The van der Waals surface area contributed by atoms with E-state index in [4.69, 9.17) is 4.42 Å². The largest absolute Gasteiger partial charge is 0.508 e. The molecule has 0 radical (unpaired) electrons. The van der Waals surface area contributed by atoms with Gasteiger partial charge >= 0.3 is 0 Å². The standard InChI is InChI=1S/C16H18N2O3/c1-11-15(21-10-17-11)16(20)18-8-6-13(7-9-18)12-2-4-14(19)5-3-12/h2-5,10,13,19H,6-9H2,1H3. The van der Waals surface area contributed by atoms with Gasteiger partial charge in [0.05, 0.1) is 5.69 Å². The first kappa shape index (κ1) is 13.7. The van der Waals surface area contributed by atoms with Gasteiger partial charge in [0.2, 0.25) is 5.76 Å². The number of hydrogen-bond donors (Lipinski definition) is 1. The van der Waals surface area contributed by atoms with E-state index in [1.54, 1.807) is 19.1 Å². The minimum absolute atomic E-state index is 0.0749. The van der Waals surface area contributed by atoms with Crippen molar-refractivity contribution in [2.24, 2.45) is 0 Å². The molecule has 1 fully saturated rings. The van der Waals surface area contributed by atoms with Crippen molar-refractivity contribution in [3.63, 3.8) is 0 Å². The Morgan fingerprint density at radius 2 is 1.95 bits per heavy atom. The highest BCUT2D eigenvalue weighted by atomic mass is 16.3. The predicted octanol–water partition coefficient (Wildman–Crippen LogP) is 2.71. The molecule has 5 nitrogen and oxygen atoms in total. The van der Waals surface area contributed by atoms with E-state index in [0.29, 0.717) is 30.5 Å². The van der Waals surface area contributed by atoms with Gasteiger partial charge in [-0.3, -0.25) is 4.79 Å². The number of aromatic nitrogens is 1. The normalized spacial score (nSPS) is 16.1. The van der Waals surface area contributed by atoms with Crippen molar-refractivity contribution >= 4 is 5.91 Å². The Morgan fingerprint density at radius 3 is 2.52 bits per heavy atom. The Balaban J connectivity index is 1.64. The highest BCUT2D eigenvalue weighted by Gasteiger charge is 2.27. The molecule has 21 heavy (non-hydrogen) atoms. The van der Waals surface area contributed by atoms with Crippen LogP contribution in [0.15, 0.2) is 35.1 Å². The Labute approximate surface area is 123 Å². The molecule has 1 aromatic heterocycles. The van der Waals surface area contributed by atoms with Crippen LogP contribution in [0.25, 0.3) is 0 Å². The molecule has 1 N–H and O–H groups in total. The second kappa shape index (κ2) is 5.60. The number of carbonyl (C=O) groups excluding carboxylic acids is 1. The molecule has 1 saturated heterocycles. The summed E-state index contributed by atoms with van der Waals surface area (Å²) in [6, 6.07) is 7.34. The number of piperidine rings is 1. The first-order valence-corrected chi connectivity index (χ1v) is 7.13. The first-order valence-electron chi connectivity index (χ1n) is 7.13. The maximum atomic E-state index is 12.3. The van der Waals surface area contributed by atoms with E-state index >= 15 is 0 Å². The van der Waals surface area contributed by atoms with E-state index in [0.717, 1.165) is 12.8 Å². The molecule has 3 rings (SSSR count). The Bertz CT molecular complexity index is 625. The summed E-state index contributed by atoms with van der Waals surface area (Å²) >= 11 is 0. The van der Waals surface area contributed by atoms with Gasteiger partial charge < -0.3 is 14.4 Å². The van der Waals surface area contributed by atoms with Crippen molar-refractivity contribution < 1.29 is 14.3 Å². The SMILES string of the molecule is Cc1ncoc1C(=O)N1CCC(c2ccc(O)cc2)CC1. The molecule has 0 saturated carbocycles. The molecule has 1 aliphatic rings. The zero-order chi connectivity index (χ0) is 14.8. The number of aromatic hydroxyl groups is 1. The van der Waals surface area contributed by atoms with Crippen LogP contribution >= 0.6 is 0 Å². The van der Waals surface area contributed by atoms with Crippen molar-refractivity contribution in [1.29, 1.82) is 0 Å². The number of rotatable bonds is 2. The highest BCUT2D eigenvalue weighted by Crippen LogP contribution is 2.29. The number of carbonyl (C=O) groups is 1. The average Bonchev–Trinajstić information content (AvgIpc) is 2.94.